The third-order valence-electron chi connectivity index (χ3n) is 6.51. The van der Waals surface area contributed by atoms with E-state index in [4.69, 9.17) is 9.47 Å². The summed E-state index contributed by atoms with van der Waals surface area (Å²) in [4.78, 5) is 6.53. The van der Waals surface area contributed by atoms with Crippen LogP contribution in [0.2, 0.25) is 0 Å². The first-order valence-electron chi connectivity index (χ1n) is 11.0. The summed E-state index contributed by atoms with van der Waals surface area (Å²) >= 11 is 0. The van der Waals surface area contributed by atoms with E-state index in [1.807, 2.05) is 6.07 Å². The molecule has 4 aromatic rings. The lowest BCUT2D eigenvalue weighted by Gasteiger charge is -2.28. The molecular formula is C27H25N3O2. The molecule has 32 heavy (non-hydrogen) atoms. The first-order chi connectivity index (χ1) is 15.8. The van der Waals surface area contributed by atoms with Crippen molar-refractivity contribution in [2.24, 2.45) is 4.99 Å². The lowest BCUT2D eigenvalue weighted by atomic mass is 10.0. The highest BCUT2D eigenvalue weighted by atomic mass is 16.5. The van der Waals surface area contributed by atoms with Crippen LogP contribution in [0.3, 0.4) is 0 Å². The van der Waals surface area contributed by atoms with Gasteiger partial charge in [0.15, 0.2) is 0 Å². The second-order valence-electron chi connectivity index (χ2n) is 8.56. The zero-order valence-electron chi connectivity index (χ0n) is 17.9. The molecule has 2 aliphatic heterocycles. The Morgan fingerprint density at radius 2 is 1.69 bits per heavy atom. The topological polar surface area (TPSA) is 39.0 Å². The molecule has 5 heteroatoms. The molecule has 3 aromatic carbocycles. The maximum atomic E-state index is 6.13. The van der Waals surface area contributed by atoms with Gasteiger partial charge in [0.1, 0.15) is 18.2 Å². The van der Waals surface area contributed by atoms with Crippen molar-refractivity contribution in [3.05, 3.63) is 84.1 Å². The Morgan fingerprint density at radius 1 is 0.938 bits per heavy atom. The average molecular weight is 424 g/mol. The standard InChI is InChI=1S/C27H25N3O2/c1-28-25-13-20(19-6-8-26-21(12-19)10-11-30(26)24-16-31-17-24)7-9-27(25)32-18-29-14-22-4-2-3-5-23(22)15-29/h2-13,24H,1,14-18H2. The van der Waals surface area contributed by atoms with E-state index in [0.29, 0.717) is 12.8 Å². The SMILES string of the molecule is C=Nc1cc(-c2ccc3c(ccn3C3COC3)c2)ccc1OCN1Cc2ccccc2C1. The summed E-state index contributed by atoms with van der Waals surface area (Å²) in [6.07, 6.45) is 2.16. The van der Waals surface area contributed by atoms with Gasteiger partial charge < -0.3 is 14.0 Å². The number of aromatic nitrogens is 1. The van der Waals surface area contributed by atoms with E-state index >= 15 is 0 Å². The highest BCUT2D eigenvalue weighted by molar-refractivity contribution is 5.86. The molecule has 0 N–H and O–H groups in total. The van der Waals surface area contributed by atoms with Crippen LogP contribution >= 0.6 is 0 Å². The highest BCUT2D eigenvalue weighted by Crippen LogP contribution is 2.35. The van der Waals surface area contributed by atoms with Crippen molar-refractivity contribution in [3.63, 3.8) is 0 Å². The van der Waals surface area contributed by atoms with Crippen LogP contribution in [0.1, 0.15) is 17.2 Å². The van der Waals surface area contributed by atoms with Crippen LogP contribution in [-0.4, -0.2) is 36.1 Å². The predicted octanol–water partition coefficient (Wildman–Crippen LogP) is 5.56. The fourth-order valence-electron chi connectivity index (χ4n) is 4.64. The number of ether oxygens (including phenoxy) is 2. The van der Waals surface area contributed by atoms with Gasteiger partial charge in [0.2, 0.25) is 0 Å². The molecule has 6 rings (SSSR count). The number of benzene rings is 3. The Hall–Kier alpha value is -3.41. The second kappa shape index (κ2) is 7.93. The zero-order chi connectivity index (χ0) is 21.5. The summed E-state index contributed by atoms with van der Waals surface area (Å²) < 4.78 is 13.8. The molecule has 2 aliphatic rings. The van der Waals surface area contributed by atoms with Crippen LogP contribution < -0.4 is 4.74 Å². The van der Waals surface area contributed by atoms with Gasteiger partial charge in [-0.3, -0.25) is 9.89 Å². The van der Waals surface area contributed by atoms with E-state index < -0.39 is 0 Å². The second-order valence-corrected chi connectivity index (χ2v) is 8.56. The van der Waals surface area contributed by atoms with Crippen LogP contribution in [0, 0.1) is 0 Å². The first-order valence-corrected chi connectivity index (χ1v) is 11.0. The van der Waals surface area contributed by atoms with E-state index in [2.05, 4.69) is 88.0 Å². The van der Waals surface area contributed by atoms with Gasteiger partial charge in [-0.1, -0.05) is 36.4 Å². The van der Waals surface area contributed by atoms with E-state index in [0.717, 1.165) is 48.9 Å². The summed E-state index contributed by atoms with van der Waals surface area (Å²) in [5.41, 5.74) is 7.03. The highest BCUT2D eigenvalue weighted by Gasteiger charge is 2.21. The molecular weight excluding hydrogens is 398 g/mol. The van der Waals surface area contributed by atoms with E-state index in [1.165, 1.54) is 22.0 Å². The van der Waals surface area contributed by atoms with Gasteiger partial charge in [-0.05, 0) is 59.3 Å². The van der Waals surface area contributed by atoms with Crippen molar-refractivity contribution in [1.29, 1.82) is 0 Å². The summed E-state index contributed by atoms with van der Waals surface area (Å²) in [7, 11) is 0. The Labute approximate surface area is 187 Å². The fraction of sp³-hybridized carbons (Fsp3) is 0.222. The van der Waals surface area contributed by atoms with Gasteiger partial charge >= 0.3 is 0 Å². The van der Waals surface area contributed by atoms with Crippen molar-refractivity contribution in [2.75, 3.05) is 19.9 Å². The van der Waals surface area contributed by atoms with Crippen molar-refractivity contribution in [2.45, 2.75) is 19.1 Å². The monoisotopic (exact) mass is 423 g/mol. The smallest absolute Gasteiger partial charge is 0.146 e. The molecule has 160 valence electrons. The number of nitrogens with zero attached hydrogens (tertiary/aromatic N) is 3. The average Bonchev–Trinajstić information content (AvgIpc) is 3.40. The molecule has 0 aliphatic carbocycles. The van der Waals surface area contributed by atoms with Crippen LogP contribution in [0.4, 0.5) is 5.69 Å². The summed E-state index contributed by atoms with van der Waals surface area (Å²) in [5.74, 6) is 0.761. The quantitative estimate of drug-likeness (QED) is 0.381. The number of hydrogen-bond donors (Lipinski definition) is 0. The Morgan fingerprint density at radius 3 is 2.41 bits per heavy atom. The third-order valence-corrected chi connectivity index (χ3v) is 6.51. The first kappa shape index (κ1) is 19.3. The van der Waals surface area contributed by atoms with Gasteiger partial charge in [-0.15, -0.1) is 0 Å². The molecule has 0 radical (unpaired) electrons. The van der Waals surface area contributed by atoms with Crippen molar-refractivity contribution >= 4 is 23.3 Å². The summed E-state index contributed by atoms with van der Waals surface area (Å²) in [5, 5.41) is 1.23. The molecule has 1 saturated heterocycles. The van der Waals surface area contributed by atoms with Crippen LogP contribution in [0.5, 0.6) is 5.75 Å². The van der Waals surface area contributed by atoms with Gasteiger partial charge in [0.05, 0.1) is 19.3 Å². The molecule has 1 aromatic heterocycles. The van der Waals surface area contributed by atoms with Gasteiger partial charge in [-0.25, -0.2) is 0 Å². The molecule has 0 spiro atoms. The largest absolute Gasteiger partial charge is 0.476 e. The minimum Gasteiger partial charge on any atom is -0.476 e. The summed E-state index contributed by atoms with van der Waals surface area (Å²) in [6, 6.07) is 23.9. The molecule has 0 unspecified atom stereocenters. The molecule has 5 nitrogen and oxygen atoms in total. The van der Waals surface area contributed by atoms with Crippen molar-refractivity contribution < 1.29 is 9.47 Å². The number of hydrogen-bond acceptors (Lipinski definition) is 4. The van der Waals surface area contributed by atoms with E-state index in [1.54, 1.807) is 0 Å². The number of rotatable bonds is 6. The molecule has 0 bridgehead atoms. The molecule has 3 heterocycles. The fourth-order valence-corrected chi connectivity index (χ4v) is 4.64. The maximum absolute atomic E-state index is 6.13. The molecule has 0 saturated carbocycles. The van der Waals surface area contributed by atoms with E-state index in [-0.39, 0.29) is 0 Å². The van der Waals surface area contributed by atoms with Gasteiger partial charge in [0.25, 0.3) is 0 Å². The van der Waals surface area contributed by atoms with Crippen LogP contribution in [0.15, 0.2) is 77.9 Å². The Kier molecular flexibility index (Phi) is 4.78. The minimum absolute atomic E-state index is 0.453. The normalized spacial score (nSPS) is 16.1. The number of fused-ring (bicyclic) bond motifs is 2. The maximum Gasteiger partial charge on any atom is 0.146 e. The predicted molar refractivity (Wildman–Crippen MR) is 128 cm³/mol. The summed E-state index contributed by atoms with van der Waals surface area (Å²) in [6.45, 7) is 7.72. The van der Waals surface area contributed by atoms with Crippen LogP contribution in [0.25, 0.3) is 22.0 Å². The lowest BCUT2D eigenvalue weighted by molar-refractivity contribution is -0.0213. The van der Waals surface area contributed by atoms with Crippen LogP contribution in [-0.2, 0) is 17.8 Å². The van der Waals surface area contributed by atoms with Crippen molar-refractivity contribution in [1.82, 2.24) is 9.47 Å². The third kappa shape index (κ3) is 3.40. The minimum atomic E-state index is 0.453. The zero-order valence-corrected chi connectivity index (χ0v) is 17.9. The van der Waals surface area contributed by atoms with Gasteiger partial charge in [-0.2, -0.15) is 0 Å². The van der Waals surface area contributed by atoms with Crippen molar-refractivity contribution in [3.8, 4) is 16.9 Å². The van der Waals surface area contributed by atoms with Gasteiger partial charge in [0, 0.05) is 30.2 Å². The lowest BCUT2D eigenvalue weighted by Crippen LogP contribution is -2.29. The van der Waals surface area contributed by atoms with E-state index in [9.17, 15) is 0 Å². The molecule has 0 amide bonds. The Balaban J connectivity index is 1.20. The molecule has 1 fully saturated rings. The molecule has 0 atom stereocenters. The number of aliphatic imine (C=N–C) groups is 1. The Bertz CT molecular complexity index is 1280.